The number of carbonyl (C=O) groups excluding carboxylic acids is 1. The molecule has 0 aromatic heterocycles. The Hall–Kier alpha value is -2.89. The fraction of sp³-hybridized carbons (Fsp3) is 0.350. The van der Waals surface area contributed by atoms with Crippen LogP contribution >= 0.6 is 0 Å². The van der Waals surface area contributed by atoms with E-state index in [4.69, 9.17) is 14.2 Å². The number of benzene rings is 2. The van der Waals surface area contributed by atoms with Gasteiger partial charge in [0.25, 0.3) is 0 Å². The molecule has 2 rings (SSSR count). The van der Waals surface area contributed by atoms with Crippen molar-refractivity contribution < 1.29 is 19.0 Å². The molecular weight excluding hydrogens is 332 g/mol. The summed E-state index contributed by atoms with van der Waals surface area (Å²) in [6.45, 7) is 4.56. The van der Waals surface area contributed by atoms with Crippen molar-refractivity contribution >= 4 is 11.6 Å². The Bertz CT molecular complexity index is 714. The van der Waals surface area contributed by atoms with E-state index in [1.165, 1.54) is 0 Å². The van der Waals surface area contributed by atoms with E-state index in [2.05, 4.69) is 10.6 Å². The molecule has 0 unspecified atom stereocenters. The van der Waals surface area contributed by atoms with E-state index < -0.39 is 0 Å². The van der Waals surface area contributed by atoms with Gasteiger partial charge in [-0.2, -0.15) is 0 Å². The molecule has 0 bridgehead atoms. The van der Waals surface area contributed by atoms with Crippen molar-refractivity contribution in [2.75, 3.05) is 26.1 Å². The molecular formula is C20H26N2O4. The molecule has 0 aliphatic rings. The van der Waals surface area contributed by atoms with Gasteiger partial charge in [-0.1, -0.05) is 12.1 Å². The van der Waals surface area contributed by atoms with Gasteiger partial charge in [-0.15, -0.1) is 0 Å². The molecule has 1 amide bonds. The van der Waals surface area contributed by atoms with Gasteiger partial charge in [-0.25, -0.2) is 0 Å². The maximum absolute atomic E-state index is 12.1. The fourth-order valence-electron chi connectivity index (χ4n) is 2.35. The number of carbonyl (C=O) groups is 1. The predicted molar refractivity (Wildman–Crippen MR) is 102 cm³/mol. The highest BCUT2D eigenvalue weighted by Gasteiger charge is 2.07. The first-order valence-electron chi connectivity index (χ1n) is 8.50. The molecule has 0 atom stereocenters. The standard InChI is InChI=1S/C20H26N2O4/c1-14(2)26-16-7-5-15(6-8-16)12-22-20(23)13-21-18-11-17(24-3)9-10-19(18)25-4/h5-11,14,21H,12-13H2,1-4H3,(H,22,23). The number of ether oxygens (including phenoxy) is 3. The Morgan fingerprint density at radius 1 is 1.00 bits per heavy atom. The molecule has 6 heteroatoms. The third-order valence-electron chi connectivity index (χ3n) is 3.63. The van der Waals surface area contributed by atoms with Crippen LogP contribution in [0, 0.1) is 0 Å². The summed E-state index contributed by atoms with van der Waals surface area (Å²) in [4.78, 5) is 12.1. The van der Waals surface area contributed by atoms with Crippen molar-refractivity contribution in [2.45, 2.75) is 26.5 Å². The second-order valence-electron chi connectivity index (χ2n) is 6.01. The molecule has 0 aliphatic heterocycles. The number of hydrogen-bond acceptors (Lipinski definition) is 5. The molecule has 26 heavy (non-hydrogen) atoms. The normalized spacial score (nSPS) is 10.3. The maximum atomic E-state index is 12.1. The molecule has 2 aromatic carbocycles. The van der Waals surface area contributed by atoms with E-state index in [0.717, 1.165) is 11.3 Å². The molecule has 0 heterocycles. The lowest BCUT2D eigenvalue weighted by Crippen LogP contribution is -2.29. The van der Waals surface area contributed by atoms with Crippen molar-refractivity contribution in [1.82, 2.24) is 5.32 Å². The van der Waals surface area contributed by atoms with E-state index in [-0.39, 0.29) is 18.6 Å². The molecule has 0 spiro atoms. The van der Waals surface area contributed by atoms with Gasteiger partial charge in [0.05, 0.1) is 32.6 Å². The molecule has 6 nitrogen and oxygen atoms in total. The quantitative estimate of drug-likeness (QED) is 0.720. The second-order valence-corrected chi connectivity index (χ2v) is 6.01. The number of anilines is 1. The smallest absolute Gasteiger partial charge is 0.239 e. The first-order chi connectivity index (χ1) is 12.5. The topological polar surface area (TPSA) is 68.8 Å². The predicted octanol–water partition coefficient (Wildman–Crippen LogP) is 3.22. The van der Waals surface area contributed by atoms with Crippen LogP contribution in [0.4, 0.5) is 5.69 Å². The number of amides is 1. The van der Waals surface area contributed by atoms with Gasteiger partial charge >= 0.3 is 0 Å². The van der Waals surface area contributed by atoms with Crippen molar-refractivity contribution in [3.8, 4) is 17.2 Å². The molecule has 140 valence electrons. The Balaban J connectivity index is 1.84. The van der Waals surface area contributed by atoms with E-state index in [1.54, 1.807) is 32.4 Å². The molecule has 2 N–H and O–H groups in total. The van der Waals surface area contributed by atoms with Crippen LogP contribution in [0.5, 0.6) is 17.2 Å². The van der Waals surface area contributed by atoms with E-state index >= 15 is 0 Å². The lowest BCUT2D eigenvalue weighted by Gasteiger charge is -2.13. The lowest BCUT2D eigenvalue weighted by atomic mass is 10.2. The second kappa shape index (κ2) is 9.56. The molecule has 2 aromatic rings. The Morgan fingerprint density at radius 2 is 1.69 bits per heavy atom. The van der Waals surface area contributed by atoms with Gasteiger partial charge in [-0.05, 0) is 43.7 Å². The third kappa shape index (κ3) is 5.88. The molecule has 0 aliphatic carbocycles. The summed E-state index contributed by atoms with van der Waals surface area (Å²) in [7, 11) is 3.18. The summed E-state index contributed by atoms with van der Waals surface area (Å²) >= 11 is 0. The van der Waals surface area contributed by atoms with Crippen LogP contribution < -0.4 is 24.8 Å². The SMILES string of the molecule is COc1ccc(OC)c(NCC(=O)NCc2ccc(OC(C)C)cc2)c1. The first kappa shape index (κ1) is 19.4. The van der Waals surface area contributed by atoms with Gasteiger partial charge in [0.15, 0.2) is 0 Å². The highest BCUT2D eigenvalue weighted by Crippen LogP contribution is 2.28. The van der Waals surface area contributed by atoms with Crippen LogP contribution in [0.15, 0.2) is 42.5 Å². The largest absolute Gasteiger partial charge is 0.497 e. The van der Waals surface area contributed by atoms with Crippen molar-refractivity contribution in [1.29, 1.82) is 0 Å². The van der Waals surface area contributed by atoms with Crippen molar-refractivity contribution in [3.05, 3.63) is 48.0 Å². The van der Waals surface area contributed by atoms with E-state index in [1.807, 2.05) is 38.1 Å². The minimum absolute atomic E-state index is 0.114. The van der Waals surface area contributed by atoms with Crippen LogP contribution in [0.25, 0.3) is 0 Å². The van der Waals surface area contributed by atoms with Crippen molar-refractivity contribution in [2.24, 2.45) is 0 Å². The number of methoxy groups -OCH3 is 2. The minimum atomic E-state index is -0.114. The van der Waals surface area contributed by atoms with Gasteiger partial charge in [-0.3, -0.25) is 4.79 Å². The summed E-state index contributed by atoms with van der Waals surface area (Å²) in [6, 6.07) is 13.1. The Morgan fingerprint density at radius 3 is 2.31 bits per heavy atom. The van der Waals surface area contributed by atoms with Crippen LogP contribution in [0.1, 0.15) is 19.4 Å². The summed E-state index contributed by atoms with van der Waals surface area (Å²) in [6.07, 6.45) is 0.139. The molecule has 0 radical (unpaired) electrons. The average molecular weight is 358 g/mol. The van der Waals surface area contributed by atoms with Gasteiger partial charge < -0.3 is 24.8 Å². The summed E-state index contributed by atoms with van der Waals surface area (Å²) < 4.78 is 16.1. The molecule has 0 saturated carbocycles. The Labute approximate surface area is 154 Å². The zero-order valence-electron chi connectivity index (χ0n) is 15.7. The van der Waals surface area contributed by atoms with E-state index in [0.29, 0.717) is 23.7 Å². The van der Waals surface area contributed by atoms with Gasteiger partial charge in [0.2, 0.25) is 5.91 Å². The lowest BCUT2D eigenvalue weighted by molar-refractivity contribution is -0.119. The number of hydrogen-bond donors (Lipinski definition) is 2. The Kier molecular flexibility index (Phi) is 7.14. The zero-order chi connectivity index (χ0) is 18.9. The van der Waals surface area contributed by atoms with E-state index in [9.17, 15) is 4.79 Å². The average Bonchev–Trinajstić information content (AvgIpc) is 2.65. The maximum Gasteiger partial charge on any atom is 0.239 e. The fourth-order valence-corrected chi connectivity index (χ4v) is 2.35. The summed E-state index contributed by atoms with van der Waals surface area (Å²) in [5.41, 5.74) is 1.71. The zero-order valence-corrected chi connectivity index (χ0v) is 15.7. The molecule has 0 fully saturated rings. The number of rotatable bonds is 9. The highest BCUT2D eigenvalue weighted by molar-refractivity contribution is 5.81. The summed E-state index contributed by atoms with van der Waals surface area (Å²) in [5.74, 6) is 2.05. The van der Waals surface area contributed by atoms with Crippen LogP contribution in [0.2, 0.25) is 0 Å². The summed E-state index contributed by atoms with van der Waals surface area (Å²) in [5, 5.41) is 5.95. The van der Waals surface area contributed by atoms with Crippen LogP contribution in [-0.2, 0) is 11.3 Å². The van der Waals surface area contributed by atoms with Crippen molar-refractivity contribution in [3.63, 3.8) is 0 Å². The minimum Gasteiger partial charge on any atom is -0.497 e. The van der Waals surface area contributed by atoms with Gasteiger partial charge in [0, 0.05) is 12.6 Å². The number of nitrogens with one attached hydrogen (secondary N) is 2. The van der Waals surface area contributed by atoms with Crippen LogP contribution in [0.3, 0.4) is 0 Å². The van der Waals surface area contributed by atoms with Crippen LogP contribution in [-0.4, -0.2) is 32.8 Å². The third-order valence-corrected chi connectivity index (χ3v) is 3.63. The van der Waals surface area contributed by atoms with Gasteiger partial charge in [0.1, 0.15) is 17.2 Å². The first-order valence-corrected chi connectivity index (χ1v) is 8.50. The molecule has 0 saturated heterocycles. The monoisotopic (exact) mass is 358 g/mol. The highest BCUT2D eigenvalue weighted by atomic mass is 16.5.